The Bertz CT molecular complexity index is 736. The second kappa shape index (κ2) is 6.78. The van der Waals surface area contributed by atoms with Crippen LogP contribution in [-0.2, 0) is 0 Å². The van der Waals surface area contributed by atoms with Crippen LogP contribution in [0.3, 0.4) is 0 Å². The SMILES string of the molecule is COc1cc(OC)cc(C(=O)Nc2ccc(C)cc2[N+](=O)[O-])c1. The zero-order valence-corrected chi connectivity index (χ0v) is 13.0. The number of ether oxygens (including phenoxy) is 2. The summed E-state index contributed by atoms with van der Waals surface area (Å²) in [7, 11) is 2.95. The van der Waals surface area contributed by atoms with Crippen LogP contribution >= 0.6 is 0 Å². The highest BCUT2D eigenvalue weighted by atomic mass is 16.6. The molecule has 1 amide bonds. The Labute approximate surface area is 133 Å². The minimum atomic E-state index is -0.533. The molecule has 2 aromatic carbocycles. The van der Waals surface area contributed by atoms with E-state index in [4.69, 9.17) is 9.47 Å². The van der Waals surface area contributed by atoms with E-state index in [0.29, 0.717) is 11.5 Å². The second-order valence-corrected chi connectivity index (χ2v) is 4.83. The quantitative estimate of drug-likeness (QED) is 0.676. The van der Waals surface area contributed by atoms with Crippen molar-refractivity contribution in [3.05, 3.63) is 57.6 Å². The van der Waals surface area contributed by atoms with Crippen molar-refractivity contribution in [3.63, 3.8) is 0 Å². The lowest BCUT2D eigenvalue weighted by atomic mass is 10.1. The third-order valence-corrected chi connectivity index (χ3v) is 3.21. The Hall–Kier alpha value is -3.09. The van der Waals surface area contributed by atoms with Crippen LogP contribution in [0.5, 0.6) is 11.5 Å². The molecule has 0 heterocycles. The van der Waals surface area contributed by atoms with Crippen molar-refractivity contribution >= 4 is 17.3 Å². The molecule has 0 saturated carbocycles. The first kappa shape index (κ1) is 16.3. The van der Waals surface area contributed by atoms with Gasteiger partial charge in [0.2, 0.25) is 0 Å². The van der Waals surface area contributed by atoms with Crippen LogP contribution < -0.4 is 14.8 Å². The number of hydrogen-bond acceptors (Lipinski definition) is 5. The molecule has 7 nitrogen and oxygen atoms in total. The Morgan fingerprint density at radius 1 is 1.09 bits per heavy atom. The first-order chi connectivity index (χ1) is 10.9. The van der Waals surface area contributed by atoms with Gasteiger partial charge in [-0.15, -0.1) is 0 Å². The number of nitro benzene ring substituents is 1. The van der Waals surface area contributed by atoms with E-state index in [2.05, 4.69) is 5.32 Å². The number of carbonyl (C=O) groups excluding carboxylic acids is 1. The van der Waals surface area contributed by atoms with Gasteiger partial charge in [-0.3, -0.25) is 14.9 Å². The van der Waals surface area contributed by atoms with Crippen LogP contribution in [0.2, 0.25) is 0 Å². The van der Waals surface area contributed by atoms with Gasteiger partial charge in [0.05, 0.1) is 19.1 Å². The number of methoxy groups -OCH3 is 2. The standard InChI is InChI=1S/C16H16N2O5/c1-10-4-5-14(15(6-10)18(20)21)17-16(19)11-7-12(22-2)9-13(8-11)23-3/h4-9H,1-3H3,(H,17,19). The van der Waals surface area contributed by atoms with E-state index in [-0.39, 0.29) is 16.9 Å². The molecular weight excluding hydrogens is 300 g/mol. The summed E-state index contributed by atoms with van der Waals surface area (Å²) in [5.74, 6) is 0.412. The van der Waals surface area contributed by atoms with Crippen LogP contribution in [0, 0.1) is 17.0 Å². The molecule has 23 heavy (non-hydrogen) atoms. The molecule has 0 spiro atoms. The molecule has 0 bridgehead atoms. The zero-order valence-electron chi connectivity index (χ0n) is 13.0. The summed E-state index contributed by atoms with van der Waals surface area (Å²) in [6.07, 6.45) is 0. The maximum absolute atomic E-state index is 12.4. The third kappa shape index (κ3) is 3.76. The van der Waals surface area contributed by atoms with Gasteiger partial charge in [0, 0.05) is 17.7 Å². The summed E-state index contributed by atoms with van der Waals surface area (Å²) in [5.41, 5.74) is 0.981. The molecule has 0 aliphatic rings. The van der Waals surface area contributed by atoms with Gasteiger partial charge in [-0.05, 0) is 30.7 Å². The van der Waals surface area contributed by atoms with Crippen LogP contribution in [0.1, 0.15) is 15.9 Å². The molecule has 0 fully saturated rings. The van der Waals surface area contributed by atoms with E-state index < -0.39 is 10.8 Å². The zero-order chi connectivity index (χ0) is 17.0. The molecule has 0 aromatic heterocycles. The predicted octanol–water partition coefficient (Wildman–Crippen LogP) is 3.17. The maximum atomic E-state index is 12.4. The number of rotatable bonds is 5. The largest absolute Gasteiger partial charge is 0.497 e. The molecule has 7 heteroatoms. The van der Waals surface area contributed by atoms with E-state index in [1.807, 2.05) is 0 Å². The normalized spacial score (nSPS) is 10.0. The van der Waals surface area contributed by atoms with Crippen molar-refractivity contribution in [1.82, 2.24) is 0 Å². The third-order valence-electron chi connectivity index (χ3n) is 3.21. The number of nitrogens with one attached hydrogen (secondary N) is 1. The van der Waals surface area contributed by atoms with E-state index in [1.165, 1.54) is 38.5 Å². The average molecular weight is 316 g/mol. The van der Waals surface area contributed by atoms with Gasteiger partial charge >= 0.3 is 0 Å². The van der Waals surface area contributed by atoms with Gasteiger partial charge in [0.1, 0.15) is 17.2 Å². The van der Waals surface area contributed by atoms with Crippen LogP contribution in [0.15, 0.2) is 36.4 Å². The lowest BCUT2D eigenvalue weighted by molar-refractivity contribution is -0.384. The molecule has 0 saturated heterocycles. The predicted molar refractivity (Wildman–Crippen MR) is 85.3 cm³/mol. The van der Waals surface area contributed by atoms with Crippen LogP contribution in [-0.4, -0.2) is 25.1 Å². The van der Waals surface area contributed by atoms with E-state index >= 15 is 0 Å². The van der Waals surface area contributed by atoms with Gasteiger partial charge in [-0.2, -0.15) is 0 Å². The number of hydrogen-bond donors (Lipinski definition) is 1. The maximum Gasteiger partial charge on any atom is 0.293 e. The molecule has 120 valence electrons. The van der Waals surface area contributed by atoms with Crippen molar-refractivity contribution in [2.45, 2.75) is 6.92 Å². The van der Waals surface area contributed by atoms with Crippen molar-refractivity contribution in [2.75, 3.05) is 19.5 Å². The smallest absolute Gasteiger partial charge is 0.293 e. The van der Waals surface area contributed by atoms with Crippen molar-refractivity contribution in [2.24, 2.45) is 0 Å². The summed E-state index contributed by atoms with van der Waals surface area (Å²) in [6.45, 7) is 1.74. The number of carbonyl (C=O) groups is 1. The molecule has 0 aliphatic carbocycles. The molecule has 1 N–H and O–H groups in total. The number of nitro groups is 1. The monoisotopic (exact) mass is 316 g/mol. The molecule has 0 aliphatic heterocycles. The average Bonchev–Trinajstić information content (AvgIpc) is 2.55. The first-order valence-electron chi connectivity index (χ1n) is 6.74. The van der Waals surface area contributed by atoms with Crippen molar-refractivity contribution < 1.29 is 19.2 Å². The number of nitrogens with zero attached hydrogens (tertiary/aromatic N) is 1. The first-order valence-corrected chi connectivity index (χ1v) is 6.74. The van der Waals surface area contributed by atoms with E-state index in [9.17, 15) is 14.9 Å². The molecule has 2 rings (SSSR count). The van der Waals surface area contributed by atoms with Gasteiger partial charge in [-0.25, -0.2) is 0 Å². The minimum Gasteiger partial charge on any atom is -0.497 e. The molecule has 2 aromatic rings. The Morgan fingerprint density at radius 3 is 2.22 bits per heavy atom. The number of anilines is 1. The highest BCUT2D eigenvalue weighted by Crippen LogP contribution is 2.27. The fourth-order valence-corrected chi connectivity index (χ4v) is 2.03. The highest BCUT2D eigenvalue weighted by molar-refractivity contribution is 6.05. The number of amides is 1. The molecule has 0 radical (unpaired) electrons. The topological polar surface area (TPSA) is 90.7 Å². The van der Waals surface area contributed by atoms with Crippen molar-refractivity contribution in [1.29, 1.82) is 0 Å². The molecule has 0 unspecified atom stereocenters. The van der Waals surface area contributed by atoms with Gasteiger partial charge in [0.15, 0.2) is 0 Å². The minimum absolute atomic E-state index is 0.132. The van der Waals surface area contributed by atoms with Crippen molar-refractivity contribution in [3.8, 4) is 11.5 Å². The summed E-state index contributed by atoms with van der Waals surface area (Å²) < 4.78 is 10.2. The number of aryl methyl sites for hydroxylation is 1. The molecule has 0 atom stereocenters. The Morgan fingerprint density at radius 2 is 1.70 bits per heavy atom. The summed E-state index contributed by atoms with van der Waals surface area (Å²) >= 11 is 0. The molecular formula is C16H16N2O5. The lowest BCUT2D eigenvalue weighted by Gasteiger charge is -2.10. The Balaban J connectivity index is 2.34. The summed E-state index contributed by atoms with van der Waals surface area (Å²) in [5, 5.41) is 13.7. The van der Waals surface area contributed by atoms with Crippen LogP contribution in [0.25, 0.3) is 0 Å². The highest BCUT2D eigenvalue weighted by Gasteiger charge is 2.17. The van der Waals surface area contributed by atoms with E-state index in [0.717, 1.165) is 5.56 Å². The fraction of sp³-hybridized carbons (Fsp3) is 0.188. The Kier molecular flexibility index (Phi) is 4.80. The number of benzene rings is 2. The fourth-order valence-electron chi connectivity index (χ4n) is 2.03. The summed E-state index contributed by atoms with van der Waals surface area (Å²) in [6, 6.07) is 9.28. The van der Waals surface area contributed by atoms with E-state index in [1.54, 1.807) is 19.1 Å². The summed E-state index contributed by atoms with van der Waals surface area (Å²) in [4.78, 5) is 22.9. The van der Waals surface area contributed by atoms with Gasteiger partial charge < -0.3 is 14.8 Å². The van der Waals surface area contributed by atoms with Gasteiger partial charge in [0.25, 0.3) is 11.6 Å². The van der Waals surface area contributed by atoms with Crippen LogP contribution in [0.4, 0.5) is 11.4 Å². The van der Waals surface area contributed by atoms with Gasteiger partial charge in [-0.1, -0.05) is 6.07 Å². The second-order valence-electron chi connectivity index (χ2n) is 4.83. The lowest BCUT2D eigenvalue weighted by Crippen LogP contribution is -2.13.